The molecule has 2 atom stereocenters. The van der Waals surface area contributed by atoms with Gasteiger partial charge in [0.25, 0.3) is 0 Å². The summed E-state index contributed by atoms with van der Waals surface area (Å²) in [5.41, 5.74) is 10.6. The average Bonchev–Trinajstić information content (AvgIpc) is 2.57. The van der Waals surface area contributed by atoms with Crippen LogP contribution in [0.15, 0.2) is 54.6 Å². The van der Waals surface area contributed by atoms with Crippen molar-refractivity contribution < 1.29 is 0 Å². The second-order valence-corrected chi connectivity index (χ2v) is 8.20. The molecule has 0 saturated carbocycles. The van der Waals surface area contributed by atoms with Crippen LogP contribution >= 0.6 is 17.2 Å². The molecular formula is C22H24P2. The summed E-state index contributed by atoms with van der Waals surface area (Å²) in [6, 6.07) is 20.3. The topological polar surface area (TPSA) is 0 Å². The average molecular weight is 350 g/mol. The first-order valence-electron chi connectivity index (χ1n) is 8.25. The molecule has 0 radical (unpaired) electrons. The van der Waals surface area contributed by atoms with Gasteiger partial charge in [-0.05, 0) is 77.5 Å². The molecule has 122 valence electrons. The van der Waals surface area contributed by atoms with Gasteiger partial charge in [0, 0.05) is 0 Å². The van der Waals surface area contributed by atoms with Crippen LogP contribution in [0.2, 0.25) is 0 Å². The van der Waals surface area contributed by atoms with Gasteiger partial charge in [0.1, 0.15) is 0 Å². The highest BCUT2D eigenvalue weighted by molar-refractivity contribution is 8.06. The Morgan fingerprint density at radius 2 is 1.17 bits per heavy atom. The highest BCUT2D eigenvalue weighted by Crippen LogP contribution is 2.31. The summed E-state index contributed by atoms with van der Waals surface area (Å²) in [5, 5.41) is 1.42. The lowest BCUT2D eigenvalue weighted by Gasteiger charge is -2.12. The third-order valence-electron chi connectivity index (χ3n) is 4.76. The first kappa shape index (κ1) is 17.3. The van der Waals surface area contributed by atoms with Gasteiger partial charge < -0.3 is 0 Å². The molecule has 0 aliphatic rings. The van der Waals surface area contributed by atoms with Crippen LogP contribution in [-0.2, 0) is 0 Å². The first-order chi connectivity index (χ1) is 11.5. The molecule has 3 aromatic carbocycles. The van der Waals surface area contributed by atoms with Gasteiger partial charge in [-0.15, -0.1) is 8.93 Å². The Morgan fingerprint density at radius 1 is 0.583 bits per heavy atom. The maximum Gasteiger partial charge on any atom is -0.0154 e. The standard InChI is InChI=1S/C22H24P2/c1-14-5-6-18(11-15(14)2)19-7-9-21(16(3)12-19)20-8-10-22(24-23)17(4)13-20/h5-13,24H,23H2,1-4H3. The number of hydrogen-bond donors (Lipinski definition) is 0. The summed E-state index contributed by atoms with van der Waals surface area (Å²) in [7, 11) is 3.61. The van der Waals surface area contributed by atoms with E-state index in [1.165, 1.54) is 49.8 Å². The van der Waals surface area contributed by atoms with Crippen molar-refractivity contribution in [2.45, 2.75) is 27.7 Å². The number of hydrogen-bond acceptors (Lipinski definition) is 0. The van der Waals surface area contributed by atoms with Gasteiger partial charge in [-0.3, -0.25) is 0 Å². The molecule has 0 amide bonds. The molecule has 2 heteroatoms. The minimum Gasteiger partial charge on any atom is -0.110 e. The fraction of sp³-hybridized carbons (Fsp3) is 0.182. The van der Waals surface area contributed by atoms with Gasteiger partial charge >= 0.3 is 0 Å². The van der Waals surface area contributed by atoms with Gasteiger partial charge in [0.15, 0.2) is 0 Å². The van der Waals surface area contributed by atoms with E-state index in [1.807, 2.05) is 0 Å². The molecule has 0 saturated heterocycles. The van der Waals surface area contributed by atoms with Crippen molar-refractivity contribution in [2.24, 2.45) is 0 Å². The van der Waals surface area contributed by atoms with E-state index < -0.39 is 0 Å². The van der Waals surface area contributed by atoms with Crippen molar-refractivity contribution in [1.29, 1.82) is 0 Å². The molecule has 24 heavy (non-hydrogen) atoms. The second-order valence-electron chi connectivity index (χ2n) is 6.50. The van der Waals surface area contributed by atoms with Crippen LogP contribution in [-0.4, -0.2) is 0 Å². The van der Waals surface area contributed by atoms with Crippen molar-refractivity contribution >= 4 is 22.5 Å². The van der Waals surface area contributed by atoms with E-state index in [0.29, 0.717) is 0 Å². The zero-order chi connectivity index (χ0) is 17.3. The monoisotopic (exact) mass is 350 g/mol. The summed E-state index contributed by atoms with van der Waals surface area (Å²) in [6.45, 7) is 8.75. The lowest BCUT2D eigenvalue weighted by Crippen LogP contribution is -1.98. The third kappa shape index (κ3) is 3.46. The van der Waals surface area contributed by atoms with E-state index in [2.05, 4.69) is 91.2 Å². The SMILES string of the molecule is Cc1ccc(-c2ccc(-c3ccc(PP)c(C)c3)c(C)c2)cc1C. The predicted molar refractivity (Wildman–Crippen MR) is 114 cm³/mol. The Labute approximate surface area is 149 Å². The van der Waals surface area contributed by atoms with Crippen LogP contribution in [0.4, 0.5) is 0 Å². The summed E-state index contributed by atoms with van der Waals surface area (Å²) >= 11 is 0. The van der Waals surface area contributed by atoms with Crippen molar-refractivity contribution in [3.63, 3.8) is 0 Å². The molecule has 0 bridgehead atoms. The van der Waals surface area contributed by atoms with E-state index in [9.17, 15) is 0 Å². The highest BCUT2D eigenvalue weighted by Gasteiger charge is 2.07. The Bertz CT molecular complexity index is 894. The van der Waals surface area contributed by atoms with Crippen molar-refractivity contribution in [2.75, 3.05) is 0 Å². The predicted octanol–water partition coefficient (Wildman–Crippen LogP) is 6.35. The number of benzene rings is 3. The lowest BCUT2D eigenvalue weighted by atomic mass is 9.94. The van der Waals surface area contributed by atoms with Crippen LogP contribution in [0.1, 0.15) is 22.3 Å². The molecule has 0 N–H and O–H groups in total. The Morgan fingerprint density at radius 3 is 1.75 bits per heavy atom. The van der Waals surface area contributed by atoms with E-state index in [4.69, 9.17) is 0 Å². The fourth-order valence-electron chi connectivity index (χ4n) is 3.08. The lowest BCUT2D eigenvalue weighted by molar-refractivity contribution is 1.34. The Hall–Kier alpha value is -1.48. The van der Waals surface area contributed by atoms with E-state index in [1.54, 1.807) is 0 Å². The van der Waals surface area contributed by atoms with Gasteiger partial charge in [-0.1, -0.05) is 62.9 Å². The largest absolute Gasteiger partial charge is 0.110 e. The van der Waals surface area contributed by atoms with Crippen LogP contribution in [0.5, 0.6) is 0 Å². The Kier molecular flexibility index (Phi) is 5.19. The highest BCUT2D eigenvalue weighted by atomic mass is 32.0. The molecule has 0 aliphatic heterocycles. The summed E-state index contributed by atoms with van der Waals surface area (Å²) in [6.07, 6.45) is 0. The van der Waals surface area contributed by atoms with Crippen LogP contribution < -0.4 is 5.30 Å². The van der Waals surface area contributed by atoms with Crippen LogP contribution in [0.3, 0.4) is 0 Å². The van der Waals surface area contributed by atoms with Crippen LogP contribution in [0.25, 0.3) is 22.3 Å². The third-order valence-corrected chi connectivity index (χ3v) is 6.56. The molecule has 0 heterocycles. The number of rotatable bonds is 3. The Balaban J connectivity index is 2.01. The normalized spacial score (nSPS) is 11.4. The van der Waals surface area contributed by atoms with Crippen LogP contribution in [0, 0.1) is 27.7 Å². The molecule has 0 fully saturated rings. The van der Waals surface area contributed by atoms with Gasteiger partial charge in [0.05, 0.1) is 0 Å². The van der Waals surface area contributed by atoms with Gasteiger partial charge in [0.2, 0.25) is 0 Å². The van der Waals surface area contributed by atoms with E-state index in [0.717, 1.165) is 8.27 Å². The maximum atomic E-state index is 2.84. The second kappa shape index (κ2) is 7.18. The van der Waals surface area contributed by atoms with Gasteiger partial charge in [-0.25, -0.2) is 0 Å². The molecular weight excluding hydrogens is 326 g/mol. The zero-order valence-corrected chi connectivity index (χ0v) is 16.9. The van der Waals surface area contributed by atoms with Crippen molar-refractivity contribution in [1.82, 2.24) is 0 Å². The van der Waals surface area contributed by atoms with E-state index in [-0.39, 0.29) is 0 Å². The fourth-order valence-corrected chi connectivity index (χ4v) is 4.53. The number of aryl methyl sites for hydroxylation is 4. The molecule has 0 aromatic heterocycles. The molecule has 0 spiro atoms. The maximum absolute atomic E-state index is 2.84. The summed E-state index contributed by atoms with van der Waals surface area (Å²) in [4.78, 5) is 0. The zero-order valence-electron chi connectivity index (χ0n) is 14.8. The van der Waals surface area contributed by atoms with E-state index >= 15 is 0 Å². The smallest absolute Gasteiger partial charge is 0.0154 e. The molecule has 2 unspecified atom stereocenters. The van der Waals surface area contributed by atoms with Crippen molar-refractivity contribution in [3.05, 3.63) is 76.9 Å². The molecule has 0 aliphatic carbocycles. The van der Waals surface area contributed by atoms with Gasteiger partial charge in [-0.2, -0.15) is 0 Å². The molecule has 3 rings (SSSR count). The van der Waals surface area contributed by atoms with Crippen molar-refractivity contribution in [3.8, 4) is 22.3 Å². The minimum absolute atomic E-state index is 0.774. The molecule has 3 aromatic rings. The summed E-state index contributed by atoms with van der Waals surface area (Å²) in [5.74, 6) is 0. The minimum atomic E-state index is 0.774. The molecule has 0 nitrogen and oxygen atoms in total. The quantitative estimate of drug-likeness (QED) is 0.483. The first-order valence-corrected chi connectivity index (χ1v) is 11.1. The summed E-state index contributed by atoms with van der Waals surface area (Å²) < 4.78 is 0.